The maximum absolute atomic E-state index is 12.9. The summed E-state index contributed by atoms with van der Waals surface area (Å²) in [5.41, 5.74) is 2.43. The molecule has 1 unspecified atom stereocenters. The van der Waals surface area contributed by atoms with Crippen molar-refractivity contribution in [2.45, 2.75) is 58.1 Å². The molecule has 1 aliphatic carbocycles. The molecule has 1 fully saturated rings. The number of carbonyl (C=O) groups excluding carboxylic acids is 1. The first-order valence-electron chi connectivity index (χ1n) is 13.6. The molecule has 1 aliphatic rings. The number of methoxy groups -OCH3 is 2. The second-order valence-corrected chi connectivity index (χ2v) is 12.1. The van der Waals surface area contributed by atoms with Gasteiger partial charge in [0.25, 0.3) is 0 Å². The summed E-state index contributed by atoms with van der Waals surface area (Å²) >= 11 is 13.3. The van der Waals surface area contributed by atoms with Crippen molar-refractivity contribution >= 4 is 40.1 Å². The Morgan fingerprint density at radius 1 is 1.12 bits per heavy atom. The molecule has 0 bridgehead atoms. The van der Waals surface area contributed by atoms with E-state index < -0.39 is 5.60 Å². The molecule has 0 radical (unpaired) electrons. The number of ether oxygens (including phenoxy) is 3. The highest BCUT2D eigenvalue weighted by atomic mass is 35.5. The van der Waals surface area contributed by atoms with Gasteiger partial charge in [-0.1, -0.05) is 42.4 Å². The van der Waals surface area contributed by atoms with Gasteiger partial charge in [0, 0.05) is 41.4 Å². The molecule has 3 aromatic rings. The number of carbonyl (C=O) groups is 1. The third kappa shape index (κ3) is 7.14. The lowest BCUT2D eigenvalue weighted by Gasteiger charge is -2.37. The first kappa shape index (κ1) is 30.7. The van der Waals surface area contributed by atoms with Crippen molar-refractivity contribution in [3.05, 3.63) is 71.3 Å². The zero-order valence-corrected chi connectivity index (χ0v) is 25.7. The molecule has 7 nitrogen and oxygen atoms in total. The fourth-order valence-electron chi connectivity index (χ4n) is 5.27. The van der Waals surface area contributed by atoms with E-state index in [0.717, 1.165) is 35.0 Å². The molecule has 41 heavy (non-hydrogen) atoms. The predicted octanol–water partition coefficient (Wildman–Crippen LogP) is 7.58. The fraction of sp³-hybridized carbons (Fsp3) is 0.406. The quantitative estimate of drug-likeness (QED) is 0.201. The number of benzene rings is 2. The summed E-state index contributed by atoms with van der Waals surface area (Å²) < 4.78 is 16.6. The van der Waals surface area contributed by atoms with Gasteiger partial charge < -0.3 is 19.5 Å². The van der Waals surface area contributed by atoms with Crippen molar-refractivity contribution in [1.29, 1.82) is 0 Å². The number of allylic oxidation sites excluding steroid dienone is 1. The van der Waals surface area contributed by atoms with Crippen molar-refractivity contribution in [2.24, 2.45) is 11.8 Å². The number of rotatable bonds is 9. The number of nitrogens with one attached hydrogen (secondary N) is 1. The zero-order chi connectivity index (χ0) is 29.9. The fourth-order valence-corrected chi connectivity index (χ4v) is 5.99. The average molecular weight is 599 g/mol. The lowest BCUT2D eigenvalue weighted by Crippen LogP contribution is -2.43. The van der Waals surface area contributed by atoms with Crippen LogP contribution in [-0.2, 0) is 16.0 Å². The molecule has 0 amide bonds. The van der Waals surface area contributed by atoms with E-state index >= 15 is 0 Å². The van der Waals surface area contributed by atoms with Gasteiger partial charge in [-0.15, -0.1) is 0 Å². The van der Waals surface area contributed by atoms with E-state index in [-0.39, 0.29) is 23.8 Å². The highest BCUT2D eigenvalue weighted by molar-refractivity contribution is 6.41. The van der Waals surface area contributed by atoms with Crippen LogP contribution in [0.2, 0.25) is 10.0 Å². The molecule has 3 atom stereocenters. The monoisotopic (exact) mass is 597 g/mol. The van der Waals surface area contributed by atoms with E-state index in [9.17, 15) is 4.79 Å². The molecular weight excluding hydrogens is 561 g/mol. The second kappa shape index (κ2) is 12.7. The molecule has 2 aromatic carbocycles. The van der Waals surface area contributed by atoms with Gasteiger partial charge in [-0.3, -0.25) is 4.79 Å². The number of fused-ring (bicyclic) bond motifs is 1. The Balaban J connectivity index is 1.62. The summed E-state index contributed by atoms with van der Waals surface area (Å²) in [7, 11) is 3.09. The lowest BCUT2D eigenvalue weighted by atomic mass is 9.76. The number of nitrogens with zero attached hydrogens (tertiary/aromatic N) is 2. The molecule has 4 rings (SSSR count). The van der Waals surface area contributed by atoms with E-state index in [0.29, 0.717) is 45.8 Å². The minimum atomic E-state index is -0.524. The lowest BCUT2D eigenvalue weighted by molar-refractivity contribution is -0.161. The molecule has 0 aliphatic heterocycles. The van der Waals surface area contributed by atoms with Crippen LogP contribution in [0.5, 0.6) is 11.5 Å². The molecular formula is C32H37Cl2N3O4. The van der Waals surface area contributed by atoms with E-state index in [1.54, 1.807) is 32.6 Å². The molecule has 1 aromatic heterocycles. The first-order chi connectivity index (χ1) is 19.4. The van der Waals surface area contributed by atoms with Gasteiger partial charge in [-0.05, 0) is 69.7 Å². The Bertz CT molecular complexity index is 1440. The van der Waals surface area contributed by atoms with Crippen molar-refractivity contribution in [2.75, 3.05) is 14.2 Å². The van der Waals surface area contributed by atoms with Gasteiger partial charge in [0.15, 0.2) is 0 Å². The minimum absolute atomic E-state index is 0.108. The maximum Gasteiger partial charge on any atom is 0.309 e. The SMILES string of the molecule is C=CC(=C)N[C@H]1CCC(C(=O)OC(C)(C)C)C[C@H]1Cc1ncc2cc(-c3c(Cl)c(OC)cc(OC)c3Cl)ccc2n1. The third-order valence-electron chi connectivity index (χ3n) is 7.28. The van der Waals surface area contributed by atoms with Gasteiger partial charge >= 0.3 is 5.97 Å². The summed E-state index contributed by atoms with van der Waals surface area (Å²) in [4.78, 5) is 22.5. The number of halogens is 2. The van der Waals surface area contributed by atoms with Crippen LogP contribution in [0.15, 0.2) is 55.4 Å². The van der Waals surface area contributed by atoms with Crippen LogP contribution in [0.3, 0.4) is 0 Å². The van der Waals surface area contributed by atoms with Gasteiger partial charge in [0.1, 0.15) is 22.9 Å². The highest BCUT2D eigenvalue weighted by Crippen LogP contribution is 2.46. The number of hydrogen-bond acceptors (Lipinski definition) is 7. The van der Waals surface area contributed by atoms with E-state index in [1.807, 2.05) is 39.0 Å². The summed E-state index contributed by atoms with van der Waals surface area (Å²) in [6.45, 7) is 13.5. The van der Waals surface area contributed by atoms with Crippen molar-refractivity contribution in [3.8, 4) is 22.6 Å². The van der Waals surface area contributed by atoms with Crippen LogP contribution in [0.4, 0.5) is 0 Å². The van der Waals surface area contributed by atoms with Crippen molar-refractivity contribution in [1.82, 2.24) is 15.3 Å². The molecule has 1 heterocycles. The van der Waals surface area contributed by atoms with Gasteiger partial charge in [-0.2, -0.15) is 0 Å². The van der Waals surface area contributed by atoms with Crippen LogP contribution >= 0.6 is 23.2 Å². The van der Waals surface area contributed by atoms with Crippen LogP contribution < -0.4 is 14.8 Å². The summed E-state index contributed by atoms with van der Waals surface area (Å²) in [5, 5.41) is 5.10. The Labute approximate surface area is 251 Å². The van der Waals surface area contributed by atoms with E-state index in [4.69, 9.17) is 47.4 Å². The maximum atomic E-state index is 12.9. The van der Waals surface area contributed by atoms with Crippen LogP contribution in [0.25, 0.3) is 22.0 Å². The molecule has 0 spiro atoms. The van der Waals surface area contributed by atoms with Gasteiger partial charge in [0.2, 0.25) is 0 Å². The molecule has 0 saturated heterocycles. The summed E-state index contributed by atoms with van der Waals surface area (Å²) in [5.74, 6) is 1.42. The zero-order valence-electron chi connectivity index (χ0n) is 24.2. The Morgan fingerprint density at radius 3 is 2.41 bits per heavy atom. The summed E-state index contributed by atoms with van der Waals surface area (Å²) in [6, 6.07) is 7.57. The smallest absolute Gasteiger partial charge is 0.309 e. The molecule has 9 heteroatoms. The number of hydrogen-bond donors (Lipinski definition) is 1. The summed E-state index contributed by atoms with van der Waals surface area (Å²) in [6.07, 6.45) is 6.34. The van der Waals surface area contributed by atoms with Gasteiger partial charge in [0.05, 0.1) is 35.7 Å². The van der Waals surface area contributed by atoms with Crippen molar-refractivity contribution in [3.63, 3.8) is 0 Å². The Morgan fingerprint density at radius 2 is 1.80 bits per heavy atom. The standard InChI is InChI=1S/C32H37Cl2N3O4/c1-8-18(2)36-23-12-10-20(31(38)41-32(3,4)5)14-21(23)15-27-35-17-22-13-19(9-11-24(22)37-27)28-29(33)25(39-6)16-26(40-7)30(28)34/h8-9,11,13,16-17,20-21,23,36H,1-2,10,12,14-15H2,3-7H3/t20?,21-,23-/m0/s1. The number of esters is 1. The first-order valence-corrected chi connectivity index (χ1v) is 14.4. The van der Waals surface area contributed by atoms with E-state index in [2.05, 4.69) is 18.5 Å². The Hall–Kier alpha value is -3.29. The average Bonchev–Trinajstić information content (AvgIpc) is 2.93. The normalized spacial score (nSPS) is 19.0. The molecule has 1 saturated carbocycles. The predicted molar refractivity (Wildman–Crippen MR) is 165 cm³/mol. The Kier molecular flexibility index (Phi) is 9.50. The topological polar surface area (TPSA) is 82.6 Å². The van der Waals surface area contributed by atoms with Crippen LogP contribution in [0.1, 0.15) is 45.9 Å². The number of aromatic nitrogens is 2. The van der Waals surface area contributed by atoms with Crippen LogP contribution in [0, 0.1) is 11.8 Å². The second-order valence-electron chi connectivity index (χ2n) is 11.3. The largest absolute Gasteiger partial charge is 0.495 e. The minimum Gasteiger partial charge on any atom is -0.495 e. The van der Waals surface area contributed by atoms with Gasteiger partial charge in [-0.25, -0.2) is 9.97 Å². The third-order valence-corrected chi connectivity index (χ3v) is 8.03. The van der Waals surface area contributed by atoms with Crippen LogP contribution in [-0.4, -0.2) is 41.8 Å². The highest BCUT2D eigenvalue weighted by Gasteiger charge is 2.36. The molecule has 1 N–H and O–H groups in total. The molecule has 218 valence electrons. The van der Waals surface area contributed by atoms with E-state index in [1.165, 1.54) is 0 Å². The van der Waals surface area contributed by atoms with Crippen molar-refractivity contribution < 1.29 is 19.0 Å².